The summed E-state index contributed by atoms with van der Waals surface area (Å²) in [5.74, 6) is 0.674. The van der Waals surface area contributed by atoms with Crippen LogP contribution in [0.25, 0.3) is 0 Å². The molecule has 0 aromatic rings. The van der Waals surface area contributed by atoms with Gasteiger partial charge in [0.15, 0.2) is 0 Å². The van der Waals surface area contributed by atoms with Crippen LogP contribution in [0.15, 0.2) is 25.3 Å². The topological polar surface area (TPSA) is 12.0 Å². The van der Waals surface area contributed by atoms with Crippen molar-refractivity contribution in [3.63, 3.8) is 0 Å². The predicted octanol–water partition coefficient (Wildman–Crippen LogP) is 2.75. The molecule has 0 amide bonds. The molecule has 0 spiro atoms. The summed E-state index contributed by atoms with van der Waals surface area (Å²) in [6, 6.07) is 0.572. The molecule has 0 aliphatic rings. The average Bonchev–Trinajstić information content (AvgIpc) is 2.03. The van der Waals surface area contributed by atoms with Crippen LogP contribution >= 0.6 is 0 Å². The Bertz CT molecular complexity index is 127. The third-order valence-electron chi connectivity index (χ3n) is 1.98. The van der Waals surface area contributed by atoms with Gasteiger partial charge in [-0.1, -0.05) is 26.0 Å². The van der Waals surface area contributed by atoms with Crippen LogP contribution in [0.5, 0.6) is 0 Å². The van der Waals surface area contributed by atoms with Gasteiger partial charge in [0.25, 0.3) is 0 Å². The van der Waals surface area contributed by atoms with Crippen molar-refractivity contribution in [2.24, 2.45) is 5.92 Å². The highest BCUT2D eigenvalue weighted by Crippen LogP contribution is 2.05. The minimum atomic E-state index is 0.572. The van der Waals surface area contributed by atoms with Gasteiger partial charge in [-0.3, -0.25) is 0 Å². The monoisotopic (exact) mass is 167 g/mol. The molecule has 0 radical (unpaired) electrons. The largest absolute Gasteiger partial charge is 0.313 e. The van der Waals surface area contributed by atoms with Crippen molar-refractivity contribution in [1.29, 1.82) is 0 Å². The molecule has 0 saturated carbocycles. The van der Waals surface area contributed by atoms with Gasteiger partial charge >= 0.3 is 0 Å². The Morgan fingerprint density at radius 2 is 1.92 bits per heavy atom. The highest BCUT2D eigenvalue weighted by atomic mass is 14.9. The second-order valence-corrected chi connectivity index (χ2v) is 3.41. The standard InChI is InChI=1S/C11H21N/c1-5-7-9-12-11(8-6-2)10(3)4/h5-6,10-12H,1-2,7-9H2,3-4H3. The number of nitrogens with one attached hydrogen (secondary N) is 1. The maximum absolute atomic E-state index is 3.75. The first kappa shape index (κ1) is 11.4. The van der Waals surface area contributed by atoms with Gasteiger partial charge in [-0.25, -0.2) is 0 Å². The fourth-order valence-corrected chi connectivity index (χ4v) is 1.14. The first-order valence-electron chi connectivity index (χ1n) is 4.67. The Morgan fingerprint density at radius 1 is 1.25 bits per heavy atom. The SMILES string of the molecule is C=CCCNC(CC=C)C(C)C. The molecule has 0 aliphatic carbocycles. The van der Waals surface area contributed by atoms with Gasteiger partial charge in [-0.05, 0) is 25.3 Å². The first-order valence-corrected chi connectivity index (χ1v) is 4.67. The quantitative estimate of drug-likeness (QED) is 0.454. The van der Waals surface area contributed by atoms with Gasteiger partial charge in [0.1, 0.15) is 0 Å². The van der Waals surface area contributed by atoms with Gasteiger partial charge in [0.05, 0.1) is 0 Å². The molecule has 1 atom stereocenters. The van der Waals surface area contributed by atoms with Crippen LogP contribution in [0.2, 0.25) is 0 Å². The molecule has 1 N–H and O–H groups in total. The second kappa shape index (κ2) is 7.11. The van der Waals surface area contributed by atoms with Crippen molar-refractivity contribution in [3.05, 3.63) is 25.3 Å². The molecule has 0 aromatic heterocycles. The molecule has 70 valence electrons. The van der Waals surface area contributed by atoms with Gasteiger partial charge in [0.2, 0.25) is 0 Å². The van der Waals surface area contributed by atoms with E-state index in [2.05, 4.69) is 32.3 Å². The van der Waals surface area contributed by atoms with Crippen LogP contribution in [-0.2, 0) is 0 Å². The van der Waals surface area contributed by atoms with Gasteiger partial charge < -0.3 is 5.32 Å². The Kier molecular flexibility index (Phi) is 6.78. The number of rotatable bonds is 7. The fraction of sp³-hybridized carbons (Fsp3) is 0.636. The molecular formula is C11H21N. The summed E-state index contributed by atoms with van der Waals surface area (Å²) in [6.07, 6.45) is 6.01. The van der Waals surface area contributed by atoms with Gasteiger partial charge in [-0.15, -0.1) is 13.2 Å². The lowest BCUT2D eigenvalue weighted by Crippen LogP contribution is -2.33. The molecule has 0 saturated heterocycles. The first-order chi connectivity index (χ1) is 5.72. The van der Waals surface area contributed by atoms with E-state index in [0.717, 1.165) is 19.4 Å². The smallest absolute Gasteiger partial charge is 0.0125 e. The molecule has 1 heteroatoms. The van der Waals surface area contributed by atoms with E-state index in [1.807, 2.05) is 12.2 Å². The van der Waals surface area contributed by atoms with E-state index in [4.69, 9.17) is 0 Å². The second-order valence-electron chi connectivity index (χ2n) is 3.41. The average molecular weight is 167 g/mol. The zero-order valence-corrected chi connectivity index (χ0v) is 8.34. The lowest BCUT2D eigenvalue weighted by molar-refractivity contribution is 0.405. The maximum atomic E-state index is 3.75. The van der Waals surface area contributed by atoms with Crippen LogP contribution < -0.4 is 5.32 Å². The summed E-state index contributed by atoms with van der Waals surface area (Å²) in [6.45, 7) is 12.9. The summed E-state index contributed by atoms with van der Waals surface area (Å²) in [4.78, 5) is 0. The molecule has 0 rings (SSSR count). The van der Waals surface area contributed by atoms with Crippen LogP contribution in [0.4, 0.5) is 0 Å². The Balaban J connectivity index is 3.62. The minimum absolute atomic E-state index is 0.572. The lowest BCUT2D eigenvalue weighted by atomic mass is 10.0. The van der Waals surface area contributed by atoms with E-state index in [-0.39, 0.29) is 0 Å². The van der Waals surface area contributed by atoms with E-state index in [9.17, 15) is 0 Å². The third kappa shape index (κ3) is 5.14. The van der Waals surface area contributed by atoms with Crippen LogP contribution in [0.1, 0.15) is 26.7 Å². The lowest BCUT2D eigenvalue weighted by Gasteiger charge is -2.20. The normalized spacial score (nSPS) is 12.9. The molecule has 0 aliphatic heterocycles. The van der Waals surface area contributed by atoms with Gasteiger partial charge in [-0.2, -0.15) is 0 Å². The molecule has 0 aromatic carbocycles. The zero-order valence-electron chi connectivity index (χ0n) is 8.34. The maximum Gasteiger partial charge on any atom is 0.0125 e. The molecule has 0 bridgehead atoms. The fourth-order valence-electron chi connectivity index (χ4n) is 1.14. The van der Waals surface area contributed by atoms with Crippen LogP contribution in [0.3, 0.4) is 0 Å². The zero-order chi connectivity index (χ0) is 9.40. The van der Waals surface area contributed by atoms with E-state index in [1.54, 1.807) is 0 Å². The third-order valence-corrected chi connectivity index (χ3v) is 1.98. The van der Waals surface area contributed by atoms with Crippen molar-refractivity contribution >= 4 is 0 Å². The van der Waals surface area contributed by atoms with E-state index in [0.29, 0.717) is 12.0 Å². The summed E-state index contributed by atoms with van der Waals surface area (Å²) >= 11 is 0. The molecule has 1 unspecified atom stereocenters. The van der Waals surface area contributed by atoms with Gasteiger partial charge in [0, 0.05) is 6.04 Å². The van der Waals surface area contributed by atoms with Crippen molar-refractivity contribution < 1.29 is 0 Å². The highest BCUT2D eigenvalue weighted by Gasteiger charge is 2.09. The van der Waals surface area contributed by atoms with Crippen LogP contribution in [0, 0.1) is 5.92 Å². The summed E-state index contributed by atoms with van der Waals surface area (Å²) in [5.41, 5.74) is 0. The summed E-state index contributed by atoms with van der Waals surface area (Å²) in [7, 11) is 0. The number of hydrogen-bond donors (Lipinski definition) is 1. The van der Waals surface area contributed by atoms with Crippen LogP contribution in [-0.4, -0.2) is 12.6 Å². The molecule has 0 heterocycles. The van der Waals surface area contributed by atoms with Crippen molar-refractivity contribution in [1.82, 2.24) is 5.32 Å². The molecular weight excluding hydrogens is 146 g/mol. The predicted molar refractivity (Wildman–Crippen MR) is 56.3 cm³/mol. The van der Waals surface area contributed by atoms with Crippen molar-refractivity contribution in [2.75, 3.05) is 6.54 Å². The van der Waals surface area contributed by atoms with Crippen molar-refractivity contribution in [2.45, 2.75) is 32.7 Å². The summed E-state index contributed by atoms with van der Waals surface area (Å²) in [5, 5.41) is 3.48. The molecule has 0 fully saturated rings. The Hall–Kier alpha value is -0.560. The minimum Gasteiger partial charge on any atom is -0.313 e. The summed E-state index contributed by atoms with van der Waals surface area (Å²) < 4.78 is 0. The molecule has 12 heavy (non-hydrogen) atoms. The van der Waals surface area contributed by atoms with E-state index >= 15 is 0 Å². The Morgan fingerprint density at radius 3 is 2.33 bits per heavy atom. The molecule has 1 nitrogen and oxygen atoms in total. The van der Waals surface area contributed by atoms with E-state index < -0.39 is 0 Å². The van der Waals surface area contributed by atoms with E-state index in [1.165, 1.54) is 0 Å². The van der Waals surface area contributed by atoms with Crippen molar-refractivity contribution in [3.8, 4) is 0 Å². The Labute approximate surface area is 76.6 Å². The number of hydrogen-bond acceptors (Lipinski definition) is 1. The highest BCUT2D eigenvalue weighted by molar-refractivity contribution is 4.81.